The lowest BCUT2D eigenvalue weighted by molar-refractivity contribution is -0.145. The van der Waals surface area contributed by atoms with Crippen molar-refractivity contribution in [2.75, 3.05) is 26.3 Å². The minimum atomic E-state index is -0.772. The van der Waals surface area contributed by atoms with Gasteiger partial charge >= 0.3 is 5.97 Å². The molecule has 1 amide bonds. The molecule has 2 aliphatic rings. The molecule has 0 radical (unpaired) electrons. The van der Waals surface area contributed by atoms with Crippen LogP contribution in [0.1, 0.15) is 23.0 Å². The summed E-state index contributed by atoms with van der Waals surface area (Å²) in [4.78, 5) is 27.5. The van der Waals surface area contributed by atoms with Gasteiger partial charge in [0.2, 0.25) is 0 Å². The number of hydrogen-bond acceptors (Lipinski definition) is 5. The average Bonchev–Trinajstić information content (AvgIpc) is 3.17. The zero-order valence-corrected chi connectivity index (χ0v) is 15.8. The minimum Gasteiger partial charge on any atom is -0.486 e. The molecule has 0 spiro atoms. The topological polar surface area (TPSA) is 76.1 Å². The summed E-state index contributed by atoms with van der Waals surface area (Å²) in [7, 11) is 0. The summed E-state index contributed by atoms with van der Waals surface area (Å²) < 4.78 is 11.2. The Morgan fingerprint density at radius 1 is 1.15 bits per heavy atom. The van der Waals surface area contributed by atoms with Crippen LogP contribution in [-0.2, 0) is 4.79 Å². The van der Waals surface area contributed by atoms with Crippen molar-refractivity contribution in [3.63, 3.8) is 0 Å². The number of benzene rings is 1. The van der Waals surface area contributed by atoms with E-state index in [-0.39, 0.29) is 17.7 Å². The first-order valence-corrected chi connectivity index (χ1v) is 9.86. The Labute approximate surface area is 161 Å². The van der Waals surface area contributed by atoms with E-state index >= 15 is 0 Å². The Hall–Kier alpha value is -2.54. The molecule has 3 heterocycles. The summed E-state index contributed by atoms with van der Waals surface area (Å²) in [6.07, 6.45) is 0.503. The fraction of sp³-hybridized carbons (Fsp3) is 0.400. The molecule has 6 nitrogen and oxygen atoms in total. The molecule has 7 heteroatoms. The summed E-state index contributed by atoms with van der Waals surface area (Å²) in [6.45, 7) is 3.95. The number of carbonyl (C=O) groups is 2. The Morgan fingerprint density at radius 3 is 2.67 bits per heavy atom. The van der Waals surface area contributed by atoms with Gasteiger partial charge in [-0.15, -0.1) is 11.3 Å². The third-order valence-electron chi connectivity index (χ3n) is 5.15. The number of carbonyl (C=O) groups excluding carboxylic acids is 1. The van der Waals surface area contributed by atoms with E-state index in [2.05, 4.69) is 0 Å². The van der Waals surface area contributed by atoms with E-state index in [1.54, 1.807) is 4.90 Å². The van der Waals surface area contributed by atoms with E-state index in [1.807, 2.05) is 37.3 Å². The molecule has 1 aromatic heterocycles. The van der Waals surface area contributed by atoms with Gasteiger partial charge < -0.3 is 19.5 Å². The monoisotopic (exact) mass is 387 g/mol. The van der Waals surface area contributed by atoms with Gasteiger partial charge in [-0.3, -0.25) is 9.59 Å². The van der Waals surface area contributed by atoms with Crippen LogP contribution in [0, 0.1) is 11.8 Å². The minimum absolute atomic E-state index is 0.0283. The highest BCUT2D eigenvalue weighted by molar-refractivity contribution is 7.17. The van der Waals surface area contributed by atoms with Crippen LogP contribution in [0.2, 0.25) is 0 Å². The first-order valence-electron chi connectivity index (χ1n) is 9.05. The molecule has 0 bridgehead atoms. The van der Waals surface area contributed by atoms with Crippen molar-refractivity contribution in [3.05, 3.63) is 35.2 Å². The number of piperidine rings is 1. The number of thiophene rings is 1. The lowest BCUT2D eigenvalue weighted by Gasteiger charge is -2.34. The summed E-state index contributed by atoms with van der Waals surface area (Å²) in [5.41, 5.74) is 0.987. The molecule has 2 unspecified atom stereocenters. The van der Waals surface area contributed by atoms with Crippen LogP contribution < -0.4 is 9.47 Å². The van der Waals surface area contributed by atoms with Crippen LogP contribution in [0.4, 0.5) is 0 Å². The molecule has 1 N–H and O–H groups in total. The molecule has 1 aromatic carbocycles. The van der Waals surface area contributed by atoms with E-state index in [9.17, 15) is 14.7 Å². The highest BCUT2D eigenvalue weighted by atomic mass is 32.1. The van der Waals surface area contributed by atoms with Gasteiger partial charge in [0.05, 0.1) is 10.8 Å². The molecular weight excluding hydrogens is 366 g/mol. The van der Waals surface area contributed by atoms with Crippen molar-refractivity contribution in [1.29, 1.82) is 0 Å². The molecule has 0 aliphatic carbocycles. The summed E-state index contributed by atoms with van der Waals surface area (Å²) >= 11 is 1.44. The van der Waals surface area contributed by atoms with Crippen LogP contribution in [0.5, 0.6) is 11.5 Å². The van der Waals surface area contributed by atoms with Gasteiger partial charge in [-0.2, -0.15) is 0 Å². The SMILES string of the molecule is CC1CN(C(=O)c2ccc(-c3ccc4c(c3)OCCO4)s2)CCC1C(=O)O. The number of carboxylic acid groups (broad SMARTS) is 1. The molecule has 1 saturated heterocycles. The number of likely N-dealkylation sites (tertiary alicyclic amines) is 1. The molecule has 2 aliphatic heterocycles. The molecular formula is C20H21NO5S. The lowest BCUT2D eigenvalue weighted by atomic mass is 9.87. The van der Waals surface area contributed by atoms with Crippen LogP contribution in [0.3, 0.4) is 0 Å². The molecule has 0 saturated carbocycles. The third-order valence-corrected chi connectivity index (χ3v) is 6.28. The smallest absolute Gasteiger partial charge is 0.306 e. The quantitative estimate of drug-likeness (QED) is 0.874. The second-order valence-electron chi connectivity index (χ2n) is 6.98. The van der Waals surface area contributed by atoms with E-state index in [1.165, 1.54) is 11.3 Å². The maximum atomic E-state index is 12.8. The van der Waals surface area contributed by atoms with Crippen LogP contribution >= 0.6 is 11.3 Å². The largest absolute Gasteiger partial charge is 0.486 e. The normalized spacial score (nSPS) is 21.7. The number of aliphatic carboxylic acids is 1. The third kappa shape index (κ3) is 3.51. The van der Waals surface area contributed by atoms with Gasteiger partial charge in [-0.25, -0.2) is 0 Å². The van der Waals surface area contributed by atoms with E-state index < -0.39 is 5.97 Å². The van der Waals surface area contributed by atoms with E-state index in [4.69, 9.17) is 9.47 Å². The predicted molar refractivity (Wildman–Crippen MR) is 102 cm³/mol. The first-order chi connectivity index (χ1) is 13.0. The maximum absolute atomic E-state index is 12.8. The van der Waals surface area contributed by atoms with Crippen molar-refractivity contribution in [3.8, 4) is 21.9 Å². The van der Waals surface area contributed by atoms with Gasteiger partial charge in [0.25, 0.3) is 5.91 Å². The predicted octanol–water partition coefficient (Wildman–Crippen LogP) is 3.37. The lowest BCUT2D eigenvalue weighted by Crippen LogP contribution is -2.44. The molecule has 2 aromatic rings. The molecule has 2 atom stereocenters. The number of fused-ring (bicyclic) bond motifs is 1. The molecule has 1 fully saturated rings. The summed E-state index contributed by atoms with van der Waals surface area (Å²) in [5, 5.41) is 9.24. The molecule has 142 valence electrons. The van der Waals surface area contributed by atoms with Crippen LogP contribution in [-0.4, -0.2) is 48.2 Å². The van der Waals surface area contributed by atoms with Gasteiger partial charge in [0.15, 0.2) is 11.5 Å². The number of hydrogen-bond donors (Lipinski definition) is 1. The van der Waals surface area contributed by atoms with E-state index in [0.29, 0.717) is 37.6 Å². The van der Waals surface area contributed by atoms with Crippen molar-refractivity contribution in [2.24, 2.45) is 11.8 Å². The first kappa shape index (κ1) is 17.9. The van der Waals surface area contributed by atoms with E-state index in [0.717, 1.165) is 21.9 Å². The second kappa shape index (κ2) is 7.23. The Morgan fingerprint density at radius 2 is 1.93 bits per heavy atom. The number of rotatable bonds is 3. The standard InChI is InChI=1S/C20H21NO5S/c1-12-11-21(7-6-14(12)20(23)24)19(22)18-5-4-17(27-18)13-2-3-15-16(10-13)26-9-8-25-15/h2-5,10,12,14H,6-9,11H2,1H3,(H,23,24). The average molecular weight is 387 g/mol. The van der Waals surface area contributed by atoms with Crippen LogP contribution in [0.15, 0.2) is 30.3 Å². The fourth-order valence-electron chi connectivity index (χ4n) is 3.66. The summed E-state index contributed by atoms with van der Waals surface area (Å²) in [5.74, 6) is 0.256. The van der Waals surface area contributed by atoms with Crippen LogP contribution in [0.25, 0.3) is 10.4 Å². The van der Waals surface area contributed by atoms with Gasteiger partial charge in [0, 0.05) is 18.0 Å². The van der Waals surface area contributed by atoms with Crippen molar-refractivity contribution in [2.45, 2.75) is 13.3 Å². The van der Waals surface area contributed by atoms with Gasteiger partial charge in [-0.05, 0) is 48.2 Å². The van der Waals surface area contributed by atoms with Gasteiger partial charge in [0.1, 0.15) is 13.2 Å². The number of nitrogens with zero attached hydrogens (tertiary/aromatic N) is 1. The fourth-order valence-corrected chi connectivity index (χ4v) is 4.63. The zero-order chi connectivity index (χ0) is 19.0. The molecule has 4 rings (SSSR count). The number of carboxylic acids is 1. The zero-order valence-electron chi connectivity index (χ0n) is 15.0. The number of amides is 1. The Balaban J connectivity index is 1.49. The van der Waals surface area contributed by atoms with Crippen molar-refractivity contribution >= 4 is 23.2 Å². The van der Waals surface area contributed by atoms with Crippen molar-refractivity contribution in [1.82, 2.24) is 4.90 Å². The maximum Gasteiger partial charge on any atom is 0.306 e. The number of ether oxygens (including phenoxy) is 2. The second-order valence-corrected chi connectivity index (χ2v) is 8.07. The molecule has 27 heavy (non-hydrogen) atoms. The highest BCUT2D eigenvalue weighted by Gasteiger charge is 2.33. The Bertz CT molecular complexity index is 877. The highest BCUT2D eigenvalue weighted by Crippen LogP contribution is 2.37. The Kier molecular flexibility index (Phi) is 4.78. The summed E-state index contributed by atoms with van der Waals surface area (Å²) in [6, 6.07) is 9.58. The van der Waals surface area contributed by atoms with Crippen molar-refractivity contribution < 1.29 is 24.2 Å². The van der Waals surface area contributed by atoms with Gasteiger partial charge in [-0.1, -0.05) is 6.92 Å².